The summed E-state index contributed by atoms with van der Waals surface area (Å²) in [6, 6.07) is 7.47. The number of benzene rings is 1. The molecular formula is C13H14N2O3. The van der Waals surface area contributed by atoms with Gasteiger partial charge in [0.05, 0.1) is 13.3 Å². The van der Waals surface area contributed by atoms with Gasteiger partial charge in [0.1, 0.15) is 5.75 Å². The van der Waals surface area contributed by atoms with Gasteiger partial charge in [-0.3, -0.25) is 4.79 Å². The van der Waals surface area contributed by atoms with Crippen molar-refractivity contribution in [2.75, 3.05) is 7.11 Å². The van der Waals surface area contributed by atoms with Crippen LogP contribution in [0.15, 0.2) is 34.9 Å². The fraction of sp³-hybridized carbons (Fsp3) is 0.231. The van der Waals surface area contributed by atoms with Gasteiger partial charge in [-0.2, -0.15) is 0 Å². The minimum atomic E-state index is -0.362. The van der Waals surface area contributed by atoms with Gasteiger partial charge in [0, 0.05) is 18.4 Å². The molecule has 1 heterocycles. The summed E-state index contributed by atoms with van der Waals surface area (Å²) in [6.07, 6.45) is 2.30. The lowest BCUT2D eigenvalue weighted by Gasteiger charge is -2.00. The molecule has 0 aliphatic carbocycles. The van der Waals surface area contributed by atoms with Crippen molar-refractivity contribution in [2.24, 2.45) is 5.73 Å². The average molecular weight is 246 g/mol. The van der Waals surface area contributed by atoms with Crippen LogP contribution >= 0.6 is 0 Å². The number of hydrogen-bond donors (Lipinski definition) is 1. The number of carbonyl (C=O) groups is 1. The third kappa shape index (κ3) is 2.88. The van der Waals surface area contributed by atoms with Crippen molar-refractivity contribution < 1.29 is 13.9 Å². The highest BCUT2D eigenvalue weighted by Crippen LogP contribution is 2.23. The second-order valence-corrected chi connectivity index (χ2v) is 3.81. The van der Waals surface area contributed by atoms with Gasteiger partial charge < -0.3 is 14.9 Å². The smallest absolute Gasteiger partial charge is 0.217 e. The van der Waals surface area contributed by atoms with Crippen molar-refractivity contribution in [2.45, 2.75) is 12.8 Å². The van der Waals surface area contributed by atoms with E-state index in [0.29, 0.717) is 18.1 Å². The van der Waals surface area contributed by atoms with Gasteiger partial charge in [0.2, 0.25) is 5.91 Å². The number of amides is 1. The van der Waals surface area contributed by atoms with Crippen LogP contribution in [-0.2, 0) is 11.2 Å². The Balaban J connectivity index is 2.10. The summed E-state index contributed by atoms with van der Waals surface area (Å²) in [5, 5.41) is 0. The molecule has 2 aromatic rings. The van der Waals surface area contributed by atoms with E-state index in [2.05, 4.69) is 4.98 Å². The number of ether oxygens (including phenoxy) is 1. The maximum absolute atomic E-state index is 10.7. The molecule has 0 spiro atoms. The Hall–Kier alpha value is -2.30. The van der Waals surface area contributed by atoms with Gasteiger partial charge in [0.15, 0.2) is 11.7 Å². The van der Waals surface area contributed by atoms with Crippen molar-refractivity contribution in [3.05, 3.63) is 36.4 Å². The fourth-order valence-electron chi connectivity index (χ4n) is 1.54. The molecule has 2 rings (SSSR count). The number of hydrogen-bond acceptors (Lipinski definition) is 4. The van der Waals surface area contributed by atoms with E-state index in [1.807, 2.05) is 24.3 Å². The molecule has 18 heavy (non-hydrogen) atoms. The van der Waals surface area contributed by atoms with Gasteiger partial charge in [-0.15, -0.1) is 0 Å². The number of aryl methyl sites for hydroxylation is 1. The number of rotatable bonds is 5. The molecule has 0 aliphatic rings. The minimum absolute atomic E-state index is 0.239. The van der Waals surface area contributed by atoms with Crippen molar-refractivity contribution in [1.29, 1.82) is 0 Å². The Kier molecular flexibility index (Phi) is 3.62. The first-order valence-corrected chi connectivity index (χ1v) is 5.56. The molecule has 1 aromatic carbocycles. The SMILES string of the molecule is COc1ccc(-c2cnc(CCC(N)=O)o2)cc1. The highest BCUT2D eigenvalue weighted by Gasteiger charge is 2.07. The summed E-state index contributed by atoms with van der Waals surface area (Å²) in [7, 11) is 1.62. The maximum atomic E-state index is 10.7. The molecule has 0 fully saturated rings. The lowest BCUT2D eigenvalue weighted by Crippen LogP contribution is -2.11. The van der Waals surface area contributed by atoms with Crippen LogP contribution in [-0.4, -0.2) is 18.0 Å². The molecule has 0 unspecified atom stereocenters. The summed E-state index contributed by atoms with van der Waals surface area (Å²) in [4.78, 5) is 14.8. The second-order valence-electron chi connectivity index (χ2n) is 3.81. The molecule has 5 heteroatoms. The number of oxazole rings is 1. The largest absolute Gasteiger partial charge is 0.497 e. The Labute approximate surface area is 105 Å². The number of methoxy groups -OCH3 is 1. The van der Waals surface area contributed by atoms with Crippen LogP contribution in [0.1, 0.15) is 12.3 Å². The molecule has 2 N–H and O–H groups in total. The van der Waals surface area contributed by atoms with Gasteiger partial charge >= 0.3 is 0 Å². The van der Waals surface area contributed by atoms with Crippen molar-refractivity contribution in [3.63, 3.8) is 0 Å². The van der Waals surface area contributed by atoms with Crippen LogP contribution in [0.2, 0.25) is 0 Å². The minimum Gasteiger partial charge on any atom is -0.497 e. The normalized spacial score (nSPS) is 10.3. The predicted molar refractivity (Wildman–Crippen MR) is 66.0 cm³/mol. The van der Waals surface area contributed by atoms with Crippen LogP contribution in [0.3, 0.4) is 0 Å². The Morgan fingerprint density at radius 1 is 1.39 bits per heavy atom. The van der Waals surface area contributed by atoms with E-state index in [4.69, 9.17) is 14.9 Å². The van der Waals surface area contributed by atoms with Crippen LogP contribution in [0.25, 0.3) is 11.3 Å². The quantitative estimate of drug-likeness (QED) is 0.872. The summed E-state index contributed by atoms with van der Waals surface area (Å²) in [5.74, 6) is 1.60. The molecule has 0 aliphatic heterocycles. The Morgan fingerprint density at radius 2 is 2.11 bits per heavy atom. The maximum Gasteiger partial charge on any atom is 0.217 e. The number of primary amides is 1. The summed E-state index contributed by atoms with van der Waals surface area (Å²) in [6.45, 7) is 0. The molecule has 5 nitrogen and oxygen atoms in total. The molecule has 0 saturated heterocycles. The van der Waals surface area contributed by atoms with Crippen molar-refractivity contribution in [1.82, 2.24) is 4.98 Å². The zero-order chi connectivity index (χ0) is 13.0. The molecule has 0 saturated carbocycles. The molecule has 1 amide bonds. The molecule has 1 aromatic heterocycles. The first-order chi connectivity index (χ1) is 8.69. The standard InChI is InChI=1S/C13H14N2O3/c1-17-10-4-2-9(3-5-10)11-8-15-13(18-11)7-6-12(14)16/h2-5,8H,6-7H2,1H3,(H2,14,16). The lowest BCUT2D eigenvalue weighted by molar-refractivity contribution is -0.118. The van der Waals surface area contributed by atoms with E-state index in [0.717, 1.165) is 11.3 Å². The molecule has 0 radical (unpaired) electrons. The fourth-order valence-corrected chi connectivity index (χ4v) is 1.54. The zero-order valence-corrected chi connectivity index (χ0v) is 10.1. The summed E-state index contributed by atoms with van der Waals surface area (Å²) in [5.41, 5.74) is 5.98. The lowest BCUT2D eigenvalue weighted by atomic mass is 10.2. The van der Waals surface area contributed by atoms with Crippen LogP contribution in [0.4, 0.5) is 0 Å². The van der Waals surface area contributed by atoms with Crippen molar-refractivity contribution in [3.8, 4) is 17.1 Å². The third-order valence-corrected chi connectivity index (χ3v) is 2.51. The van der Waals surface area contributed by atoms with Gasteiger partial charge in [-0.05, 0) is 24.3 Å². The first-order valence-electron chi connectivity index (χ1n) is 5.56. The number of nitrogens with two attached hydrogens (primary N) is 1. The van der Waals surface area contributed by atoms with Crippen LogP contribution in [0, 0.1) is 0 Å². The van der Waals surface area contributed by atoms with E-state index in [-0.39, 0.29) is 12.3 Å². The number of aromatic nitrogens is 1. The monoisotopic (exact) mass is 246 g/mol. The number of nitrogens with zero attached hydrogens (tertiary/aromatic N) is 1. The van der Waals surface area contributed by atoms with E-state index in [9.17, 15) is 4.79 Å². The number of carbonyl (C=O) groups excluding carboxylic acids is 1. The Morgan fingerprint density at radius 3 is 2.72 bits per heavy atom. The van der Waals surface area contributed by atoms with E-state index >= 15 is 0 Å². The van der Waals surface area contributed by atoms with E-state index in [1.165, 1.54) is 0 Å². The van der Waals surface area contributed by atoms with Crippen LogP contribution < -0.4 is 10.5 Å². The summed E-state index contributed by atoms with van der Waals surface area (Å²) < 4.78 is 10.6. The molecule has 94 valence electrons. The first kappa shape index (κ1) is 12.2. The van der Waals surface area contributed by atoms with Crippen molar-refractivity contribution >= 4 is 5.91 Å². The predicted octanol–water partition coefficient (Wildman–Crippen LogP) is 1.77. The highest BCUT2D eigenvalue weighted by atomic mass is 16.5. The average Bonchev–Trinajstić information content (AvgIpc) is 2.85. The molecule has 0 bridgehead atoms. The van der Waals surface area contributed by atoms with Crippen LogP contribution in [0.5, 0.6) is 5.75 Å². The summed E-state index contributed by atoms with van der Waals surface area (Å²) >= 11 is 0. The topological polar surface area (TPSA) is 78.4 Å². The third-order valence-electron chi connectivity index (χ3n) is 2.51. The second kappa shape index (κ2) is 5.35. The van der Waals surface area contributed by atoms with E-state index in [1.54, 1.807) is 13.3 Å². The van der Waals surface area contributed by atoms with Gasteiger partial charge in [0.25, 0.3) is 0 Å². The molecular weight excluding hydrogens is 232 g/mol. The van der Waals surface area contributed by atoms with Gasteiger partial charge in [-0.25, -0.2) is 4.98 Å². The molecule has 0 atom stereocenters. The van der Waals surface area contributed by atoms with Gasteiger partial charge in [-0.1, -0.05) is 0 Å². The Bertz CT molecular complexity index is 531. The zero-order valence-electron chi connectivity index (χ0n) is 10.1. The highest BCUT2D eigenvalue weighted by molar-refractivity contribution is 5.73. The van der Waals surface area contributed by atoms with E-state index < -0.39 is 0 Å².